The predicted octanol–water partition coefficient (Wildman–Crippen LogP) is 5.95. The van der Waals surface area contributed by atoms with Crippen LogP contribution in [0.15, 0.2) is 124 Å². The van der Waals surface area contributed by atoms with E-state index in [0.717, 1.165) is 39.3 Å². The number of hydrogen-bond donors (Lipinski definition) is 0. The third-order valence-corrected chi connectivity index (χ3v) is 8.92. The fourth-order valence-electron chi connectivity index (χ4n) is 6.02. The fourth-order valence-corrected chi connectivity index (χ4v) is 7.05. The van der Waals surface area contributed by atoms with E-state index >= 15 is 0 Å². The predicted molar refractivity (Wildman–Crippen MR) is 172 cm³/mol. The van der Waals surface area contributed by atoms with Crippen molar-refractivity contribution in [3.63, 3.8) is 0 Å². The molecule has 1 aliphatic heterocycles. The van der Waals surface area contributed by atoms with E-state index in [1.807, 2.05) is 85.8 Å². The van der Waals surface area contributed by atoms with Gasteiger partial charge in [-0.3, -0.25) is 9.36 Å². The summed E-state index contributed by atoms with van der Waals surface area (Å²) in [6.07, 6.45) is 4.06. The summed E-state index contributed by atoms with van der Waals surface area (Å²) in [4.78, 5) is 33.0. The van der Waals surface area contributed by atoms with Crippen molar-refractivity contribution in [2.75, 3.05) is 6.61 Å². The Morgan fingerprint density at radius 2 is 1.65 bits per heavy atom. The maximum Gasteiger partial charge on any atom is 0.338 e. The zero-order chi connectivity index (χ0) is 29.5. The van der Waals surface area contributed by atoms with E-state index in [0.29, 0.717) is 20.6 Å². The van der Waals surface area contributed by atoms with Gasteiger partial charge in [0.1, 0.15) is 0 Å². The van der Waals surface area contributed by atoms with Gasteiger partial charge in [-0.25, -0.2) is 9.79 Å². The lowest BCUT2D eigenvalue weighted by atomic mass is 9.91. The van der Waals surface area contributed by atoms with E-state index in [2.05, 4.69) is 35.0 Å². The Kier molecular flexibility index (Phi) is 6.87. The van der Waals surface area contributed by atoms with Crippen LogP contribution in [0.5, 0.6) is 0 Å². The minimum absolute atomic E-state index is 0.184. The molecule has 7 heteroatoms. The van der Waals surface area contributed by atoms with Gasteiger partial charge in [-0.1, -0.05) is 102 Å². The molecule has 43 heavy (non-hydrogen) atoms. The summed E-state index contributed by atoms with van der Waals surface area (Å²) in [5.74, 6) is -0.458. The highest BCUT2D eigenvalue weighted by Crippen LogP contribution is 2.35. The van der Waals surface area contributed by atoms with E-state index < -0.39 is 12.0 Å². The molecule has 0 radical (unpaired) electrons. The molecule has 3 heterocycles. The van der Waals surface area contributed by atoms with E-state index in [4.69, 9.17) is 9.73 Å². The molecule has 0 N–H and O–H groups in total. The van der Waals surface area contributed by atoms with Crippen LogP contribution in [0.3, 0.4) is 0 Å². The van der Waals surface area contributed by atoms with E-state index in [-0.39, 0.29) is 12.2 Å². The summed E-state index contributed by atoms with van der Waals surface area (Å²) in [5.41, 5.74) is 4.88. The third kappa shape index (κ3) is 4.72. The van der Waals surface area contributed by atoms with Gasteiger partial charge in [-0.2, -0.15) is 0 Å². The van der Waals surface area contributed by atoms with Crippen molar-refractivity contribution in [1.82, 2.24) is 9.13 Å². The molecule has 1 aliphatic rings. The van der Waals surface area contributed by atoms with Crippen molar-refractivity contribution in [3.8, 4) is 0 Å². The van der Waals surface area contributed by atoms with Gasteiger partial charge in [0.05, 0.1) is 28.5 Å². The average Bonchev–Trinajstić information content (AvgIpc) is 3.52. The third-order valence-electron chi connectivity index (χ3n) is 7.94. The Morgan fingerprint density at radius 3 is 2.47 bits per heavy atom. The monoisotopic (exact) mass is 583 g/mol. The second kappa shape index (κ2) is 11.0. The number of allylic oxidation sites excluding steroid dienone is 1. The molecule has 0 unspecified atom stereocenters. The van der Waals surface area contributed by atoms with Crippen molar-refractivity contribution in [3.05, 3.63) is 151 Å². The Balaban J connectivity index is 1.43. The lowest BCUT2D eigenvalue weighted by molar-refractivity contribution is -0.139. The number of para-hydroxylation sites is 1. The number of thiazole rings is 1. The van der Waals surface area contributed by atoms with E-state index in [9.17, 15) is 9.59 Å². The molecule has 0 spiro atoms. The highest BCUT2D eigenvalue weighted by atomic mass is 32.1. The molecule has 0 amide bonds. The topological polar surface area (TPSA) is 65.6 Å². The van der Waals surface area contributed by atoms with Crippen LogP contribution in [0.25, 0.3) is 27.8 Å². The highest BCUT2D eigenvalue weighted by molar-refractivity contribution is 7.07. The number of aromatic nitrogens is 2. The number of fused-ring (bicyclic) bond motifs is 3. The summed E-state index contributed by atoms with van der Waals surface area (Å²) >= 11 is 1.35. The van der Waals surface area contributed by atoms with Crippen LogP contribution in [0.2, 0.25) is 0 Å². The summed E-state index contributed by atoms with van der Waals surface area (Å²) < 4.78 is 9.94. The van der Waals surface area contributed by atoms with Crippen molar-refractivity contribution in [1.29, 1.82) is 0 Å². The zero-order valence-electron chi connectivity index (χ0n) is 23.9. The lowest BCUT2D eigenvalue weighted by Gasteiger charge is -2.25. The first-order valence-electron chi connectivity index (χ1n) is 14.3. The van der Waals surface area contributed by atoms with Gasteiger partial charge in [-0.05, 0) is 47.9 Å². The number of rotatable bonds is 6. The summed E-state index contributed by atoms with van der Waals surface area (Å²) in [7, 11) is 0. The Hall–Kier alpha value is -5.01. The molecular formula is C36H29N3O3S. The molecule has 6 nitrogen and oxygen atoms in total. The summed E-state index contributed by atoms with van der Waals surface area (Å²) in [6, 6.07) is 31.9. The first-order valence-corrected chi connectivity index (χ1v) is 15.1. The number of nitrogens with zero attached hydrogens (tertiary/aromatic N) is 3. The Labute approximate surface area is 252 Å². The van der Waals surface area contributed by atoms with Gasteiger partial charge in [0.2, 0.25) is 0 Å². The Morgan fingerprint density at radius 1 is 0.930 bits per heavy atom. The maximum atomic E-state index is 14.3. The van der Waals surface area contributed by atoms with Crippen molar-refractivity contribution >= 4 is 45.1 Å². The second-order valence-electron chi connectivity index (χ2n) is 10.6. The van der Waals surface area contributed by atoms with E-state index in [1.165, 1.54) is 16.9 Å². The van der Waals surface area contributed by atoms with Crippen LogP contribution < -0.4 is 14.9 Å². The lowest BCUT2D eigenvalue weighted by Crippen LogP contribution is -2.40. The molecule has 0 fully saturated rings. The van der Waals surface area contributed by atoms with Crippen LogP contribution in [0, 0.1) is 0 Å². The van der Waals surface area contributed by atoms with Gasteiger partial charge in [0.25, 0.3) is 5.56 Å². The fraction of sp³-hybridized carbons (Fsp3) is 0.139. The number of benzene rings is 4. The van der Waals surface area contributed by atoms with Crippen molar-refractivity contribution in [2.45, 2.75) is 26.4 Å². The largest absolute Gasteiger partial charge is 0.463 e. The first kappa shape index (κ1) is 26.9. The zero-order valence-corrected chi connectivity index (χ0v) is 24.7. The molecule has 0 saturated heterocycles. The molecule has 7 rings (SSSR count). The number of hydrogen-bond acceptors (Lipinski definition) is 5. The molecular weight excluding hydrogens is 554 g/mol. The van der Waals surface area contributed by atoms with Gasteiger partial charge < -0.3 is 9.30 Å². The first-order chi connectivity index (χ1) is 21.0. The van der Waals surface area contributed by atoms with Crippen LogP contribution in [-0.2, 0) is 16.1 Å². The van der Waals surface area contributed by atoms with Gasteiger partial charge >= 0.3 is 5.97 Å². The van der Waals surface area contributed by atoms with Crippen LogP contribution >= 0.6 is 11.3 Å². The summed E-state index contributed by atoms with van der Waals surface area (Å²) in [6.45, 7) is 4.55. The molecule has 6 aromatic rings. The second-order valence-corrected chi connectivity index (χ2v) is 11.6. The number of esters is 1. The molecule has 2 aromatic heterocycles. The number of carbonyl (C=O) groups is 1. The molecule has 212 valence electrons. The van der Waals surface area contributed by atoms with Gasteiger partial charge in [0, 0.05) is 29.2 Å². The van der Waals surface area contributed by atoms with Crippen molar-refractivity contribution in [2.24, 2.45) is 4.99 Å². The normalized spacial score (nSPS) is 15.1. The maximum absolute atomic E-state index is 14.3. The van der Waals surface area contributed by atoms with E-state index in [1.54, 1.807) is 11.5 Å². The molecule has 0 saturated carbocycles. The quantitative estimate of drug-likeness (QED) is 0.228. The number of ether oxygens (including phenoxy) is 1. The van der Waals surface area contributed by atoms with Gasteiger partial charge in [0.15, 0.2) is 4.80 Å². The van der Waals surface area contributed by atoms with Gasteiger partial charge in [-0.15, -0.1) is 0 Å². The number of carbonyl (C=O) groups excluding carboxylic acids is 1. The van der Waals surface area contributed by atoms with Crippen LogP contribution in [0.4, 0.5) is 0 Å². The highest BCUT2D eigenvalue weighted by Gasteiger charge is 2.34. The smallest absolute Gasteiger partial charge is 0.338 e. The molecule has 0 bridgehead atoms. The minimum Gasteiger partial charge on any atom is -0.463 e. The SMILES string of the molecule is CCOC(=O)C1=C(C)N=c2s/c(=C/c3cn(Cc4ccccc4)c4ccccc34)c(=O)n2[C@H]1c1cccc2ccccc12. The van der Waals surface area contributed by atoms with Crippen molar-refractivity contribution < 1.29 is 9.53 Å². The average molecular weight is 584 g/mol. The standard InChI is InChI=1S/C36H29N3O3S/c1-3-42-35(41)32-23(2)37-36-39(33(32)29-18-11-15-25-14-7-8-16-27(25)29)34(40)31(43-36)20-26-22-38(21-24-12-5-4-6-13-24)30-19-10-9-17-28(26)30/h4-20,22,33H,3,21H2,1-2H3/b31-20+/t33-/m0/s1. The van der Waals surface area contributed by atoms with Crippen LogP contribution in [-0.4, -0.2) is 21.7 Å². The van der Waals surface area contributed by atoms with Crippen LogP contribution in [0.1, 0.15) is 36.6 Å². The molecule has 1 atom stereocenters. The Bertz CT molecular complexity index is 2230. The summed E-state index contributed by atoms with van der Waals surface area (Å²) in [5, 5.41) is 3.08. The molecule has 0 aliphatic carbocycles. The minimum atomic E-state index is -0.664. The molecule has 4 aromatic carbocycles.